The van der Waals surface area contributed by atoms with Crippen LogP contribution in [0.2, 0.25) is 0 Å². The molecule has 0 bridgehead atoms. The summed E-state index contributed by atoms with van der Waals surface area (Å²) in [5, 5.41) is 0. The van der Waals surface area contributed by atoms with Gasteiger partial charge in [-0.15, -0.1) is 0 Å². The fourth-order valence-corrected chi connectivity index (χ4v) is 4.46. The minimum atomic E-state index is -4.40. The van der Waals surface area contributed by atoms with Gasteiger partial charge in [0.05, 0.1) is 5.56 Å². The van der Waals surface area contributed by atoms with Crippen LogP contribution in [-0.4, -0.2) is 5.51 Å². The summed E-state index contributed by atoms with van der Waals surface area (Å²) in [6, 6.07) is 10.0. The lowest BCUT2D eigenvalue weighted by Crippen LogP contribution is -2.12. The van der Waals surface area contributed by atoms with Gasteiger partial charge in [0.1, 0.15) is 0 Å². The van der Waals surface area contributed by atoms with Crippen molar-refractivity contribution in [2.45, 2.75) is 16.7 Å². The Hall–Kier alpha value is -0.860. The second-order valence-electron chi connectivity index (χ2n) is 4.36. The van der Waals surface area contributed by atoms with Gasteiger partial charge in [-0.3, -0.25) is 0 Å². The summed E-state index contributed by atoms with van der Waals surface area (Å²) in [5.74, 6) is 1.01. The Morgan fingerprint density at radius 3 is 2.14 bits per heavy atom. The van der Waals surface area contributed by atoms with Crippen LogP contribution in [0.25, 0.3) is 0 Å². The molecule has 1 aliphatic rings. The number of alkyl halides is 3. The van der Waals surface area contributed by atoms with E-state index in [-0.39, 0.29) is 16.7 Å². The van der Waals surface area contributed by atoms with Gasteiger partial charge in [-0.2, -0.15) is 13.2 Å². The van der Waals surface area contributed by atoms with E-state index in [0.29, 0.717) is 26.0 Å². The zero-order chi connectivity index (χ0) is 15.9. The summed E-state index contributed by atoms with van der Waals surface area (Å²) in [7, 11) is 0. The van der Waals surface area contributed by atoms with E-state index < -0.39 is 11.8 Å². The van der Waals surface area contributed by atoms with Crippen molar-refractivity contribution in [3.63, 3.8) is 0 Å². The fraction of sp³-hybridized carbons (Fsp3) is 0.143. The van der Waals surface area contributed by atoms with Crippen LogP contribution in [0, 0.1) is 0 Å². The average molecular weight is 456 g/mol. The summed E-state index contributed by atoms with van der Waals surface area (Å²) >= 11 is 6.29. The summed E-state index contributed by atoms with van der Waals surface area (Å²) < 4.78 is 50.6. The van der Waals surface area contributed by atoms with E-state index in [1.54, 1.807) is 30.3 Å². The molecule has 0 aliphatic carbocycles. The molecule has 1 aliphatic heterocycles. The van der Waals surface area contributed by atoms with E-state index >= 15 is 0 Å². The molecule has 116 valence electrons. The van der Waals surface area contributed by atoms with E-state index in [1.165, 1.54) is 6.07 Å². The van der Waals surface area contributed by atoms with Gasteiger partial charge >= 0.3 is 5.51 Å². The van der Waals surface area contributed by atoms with Crippen molar-refractivity contribution in [3.8, 4) is 11.5 Å². The zero-order valence-corrected chi connectivity index (χ0v) is 14.6. The number of hydrogen-bond acceptors (Lipinski definition) is 3. The van der Waals surface area contributed by atoms with Crippen molar-refractivity contribution in [2.75, 3.05) is 0 Å². The number of hydrogen-bond donors (Lipinski definition) is 0. The van der Waals surface area contributed by atoms with Gasteiger partial charge in [0, 0.05) is 13.8 Å². The Balaban J connectivity index is 2.00. The second kappa shape index (κ2) is 5.98. The molecule has 0 N–H and O–H groups in total. The molecule has 0 aromatic heterocycles. The van der Waals surface area contributed by atoms with Crippen LogP contribution in [0.15, 0.2) is 50.2 Å². The third kappa shape index (κ3) is 3.38. The molecular formula is C14H7Br2F3O2S. The van der Waals surface area contributed by atoms with Crippen LogP contribution in [0.4, 0.5) is 13.2 Å². The normalized spacial score (nSPS) is 14.4. The average Bonchev–Trinajstić information content (AvgIpc) is 2.78. The number of fused-ring (bicyclic) bond motifs is 1. The lowest BCUT2D eigenvalue weighted by molar-refractivity contribution is -0.0330. The van der Waals surface area contributed by atoms with Crippen molar-refractivity contribution in [1.29, 1.82) is 0 Å². The predicted molar refractivity (Wildman–Crippen MR) is 84.2 cm³/mol. The maximum Gasteiger partial charge on any atom is 0.446 e. The number of para-hydroxylation sites is 2. The van der Waals surface area contributed by atoms with Crippen molar-refractivity contribution >= 4 is 43.6 Å². The van der Waals surface area contributed by atoms with Crippen LogP contribution in [0.1, 0.15) is 11.9 Å². The Morgan fingerprint density at radius 1 is 1.00 bits per heavy atom. The summed E-state index contributed by atoms with van der Waals surface area (Å²) in [6.45, 7) is 0. The summed E-state index contributed by atoms with van der Waals surface area (Å²) in [5.41, 5.74) is -4.10. The van der Waals surface area contributed by atoms with Gasteiger partial charge < -0.3 is 9.47 Å². The lowest BCUT2D eigenvalue weighted by atomic mass is 10.2. The number of thioether (sulfide) groups is 1. The summed E-state index contributed by atoms with van der Waals surface area (Å²) in [4.78, 5) is 0.0200. The van der Waals surface area contributed by atoms with Crippen molar-refractivity contribution in [3.05, 3.63) is 50.9 Å². The molecule has 0 amide bonds. The first kappa shape index (κ1) is 16.0. The van der Waals surface area contributed by atoms with Gasteiger partial charge in [-0.1, -0.05) is 44.0 Å². The molecule has 8 heteroatoms. The third-order valence-corrected chi connectivity index (χ3v) is 4.74. The molecule has 2 aromatic rings. The first-order chi connectivity index (χ1) is 10.3. The van der Waals surface area contributed by atoms with Gasteiger partial charge in [-0.25, -0.2) is 0 Å². The van der Waals surface area contributed by atoms with Gasteiger partial charge in [0.25, 0.3) is 6.29 Å². The Bertz CT molecular complexity index is 697. The number of halogens is 5. The molecule has 0 atom stereocenters. The molecule has 2 aromatic carbocycles. The molecule has 2 nitrogen and oxygen atoms in total. The van der Waals surface area contributed by atoms with Crippen LogP contribution >= 0.6 is 43.6 Å². The highest BCUT2D eigenvalue weighted by molar-refractivity contribution is 9.11. The molecule has 0 saturated heterocycles. The SMILES string of the molecule is FC(F)(F)Sc1cc(Br)cc(Br)c1C1Oc2ccccc2O1. The molecule has 0 radical (unpaired) electrons. The maximum absolute atomic E-state index is 12.8. The molecule has 0 unspecified atom stereocenters. The number of benzene rings is 2. The van der Waals surface area contributed by atoms with E-state index in [2.05, 4.69) is 31.9 Å². The molecule has 22 heavy (non-hydrogen) atoms. The highest BCUT2D eigenvalue weighted by Gasteiger charge is 2.35. The van der Waals surface area contributed by atoms with Crippen LogP contribution in [0.3, 0.4) is 0 Å². The first-order valence-corrected chi connectivity index (χ1v) is 8.41. The highest BCUT2D eigenvalue weighted by Crippen LogP contribution is 2.48. The van der Waals surface area contributed by atoms with E-state index in [0.717, 1.165) is 0 Å². The number of ether oxygens (including phenoxy) is 2. The van der Waals surface area contributed by atoms with Crippen molar-refractivity contribution in [2.24, 2.45) is 0 Å². The highest BCUT2D eigenvalue weighted by atomic mass is 79.9. The van der Waals surface area contributed by atoms with E-state index in [9.17, 15) is 13.2 Å². The first-order valence-electron chi connectivity index (χ1n) is 6.00. The Labute approximate surface area is 145 Å². The molecule has 0 saturated carbocycles. The largest absolute Gasteiger partial charge is 0.447 e. The van der Waals surface area contributed by atoms with Crippen molar-refractivity contribution in [1.82, 2.24) is 0 Å². The zero-order valence-electron chi connectivity index (χ0n) is 10.7. The quantitative estimate of drug-likeness (QED) is 0.495. The molecule has 3 rings (SSSR count). The van der Waals surface area contributed by atoms with Gasteiger partial charge in [0.2, 0.25) is 0 Å². The van der Waals surface area contributed by atoms with Crippen molar-refractivity contribution < 1.29 is 22.6 Å². The third-order valence-electron chi connectivity index (χ3n) is 2.83. The minimum absolute atomic E-state index is 0.0200. The molecule has 1 heterocycles. The van der Waals surface area contributed by atoms with Crippen LogP contribution < -0.4 is 9.47 Å². The topological polar surface area (TPSA) is 18.5 Å². The van der Waals surface area contributed by atoms with Gasteiger partial charge in [0.15, 0.2) is 11.5 Å². The smallest absolute Gasteiger partial charge is 0.446 e. The minimum Gasteiger partial charge on any atom is -0.447 e. The van der Waals surface area contributed by atoms with Crippen LogP contribution in [-0.2, 0) is 0 Å². The molecule has 0 spiro atoms. The Morgan fingerprint density at radius 2 is 1.59 bits per heavy atom. The second-order valence-corrected chi connectivity index (χ2v) is 7.24. The maximum atomic E-state index is 12.8. The lowest BCUT2D eigenvalue weighted by Gasteiger charge is -2.18. The Kier molecular flexibility index (Phi) is 4.35. The monoisotopic (exact) mass is 454 g/mol. The summed E-state index contributed by atoms with van der Waals surface area (Å²) in [6.07, 6.45) is -0.926. The standard InChI is InChI=1S/C14H7Br2F3O2S/c15-7-5-8(16)12(11(6-7)22-14(17,18)19)13-20-9-3-1-2-4-10(9)21-13/h1-6,13H. The fourth-order valence-electron chi connectivity index (χ4n) is 2.02. The predicted octanol–water partition coefficient (Wildman–Crippen LogP) is 6.29. The number of rotatable bonds is 2. The van der Waals surface area contributed by atoms with Crippen LogP contribution in [0.5, 0.6) is 11.5 Å². The van der Waals surface area contributed by atoms with E-state index in [1.807, 2.05) is 0 Å². The van der Waals surface area contributed by atoms with Gasteiger partial charge in [-0.05, 0) is 36.0 Å². The molecular weight excluding hydrogens is 449 g/mol. The molecule has 0 fully saturated rings. The van der Waals surface area contributed by atoms with E-state index in [4.69, 9.17) is 9.47 Å².